The van der Waals surface area contributed by atoms with E-state index in [1.54, 1.807) is 13.8 Å². The molecule has 0 aromatic heterocycles. The van der Waals surface area contributed by atoms with Crippen LogP contribution in [0.25, 0.3) is 0 Å². The summed E-state index contributed by atoms with van der Waals surface area (Å²) in [6.07, 6.45) is 1.52. The van der Waals surface area contributed by atoms with Gasteiger partial charge in [0.1, 0.15) is 6.04 Å². The molecular formula is C9H14N2O4. The predicted molar refractivity (Wildman–Crippen MR) is 52.7 cm³/mol. The van der Waals surface area contributed by atoms with Gasteiger partial charge in [0.15, 0.2) is 0 Å². The van der Waals surface area contributed by atoms with Crippen molar-refractivity contribution in [2.24, 2.45) is 11.7 Å². The molecule has 0 radical (unpaired) electrons. The highest BCUT2D eigenvalue weighted by atomic mass is 16.4. The molecule has 15 heavy (non-hydrogen) atoms. The van der Waals surface area contributed by atoms with Crippen molar-refractivity contribution in [2.45, 2.75) is 19.9 Å². The smallest absolute Gasteiger partial charge is 0.328 e. The molecule has 0 rings (SSSR count). The number of carbonyl (C=O) groups excluding carboxylic acids is 2. The van der Waals surface area contributed by atoms with Crippen LogP contribution in [0, 0.1) is 5.92 Å². The van der Waals surface area contributed by atoms with E-state index in [9.17, 15) is 14.4 Å². The first-order valence-electron chi connectivity index (χ1n) is 4.35. The van der Waals surface area contributed by atoms with E-state index in [-0.39, 0.29) is 5.92 Å². The Morgan fingerprint density at radius 1 is 1.27 bits per heavy atom. The number of rotatable bonds is 5. The summed E-state index contributed by atoms with van der Waals surface area (Å²) in [5, 5.41) is 10.6. The summed E-state index contributed by atoms with van der Waals surface area (Å²) >= 11 is 0. The lowest BCUT2D eigenvalue weighted by Crippen LogP contribution is -2.47. The summed E-state index contributed by atoms with van der Waals surface area (Å²) in [4.78, 5) is 32.1. The zero-order valence-electron chi connectivity index (χ0n) is 8.56. The summed E-state index contributed by atoms with van der Waals surface area (Å²) in [5.41, 5.74) is 5.05. The van der Waals surface area contributed by atoms with Gasteiger partial charge in [-0.15, -0.1) is 0 Å². The van der Waals surface area contributed by atoms with Crippen molar-refractivity contribution in [3.05, 3.63) is 12.2 Å². The van der Waals surface area contributed by atoms with Crippen LogP contribution in [-0.2, 0) is 14.4 Å². The molecule has 0 aromatic rings. The van der Waals surface area contributed by atoms with Crippen LogP contribution in [0.15, 0.2) is 12.2 Å². The molecule has 0 bridgehead atoms. The van der Waals surface area contributed by atoms with Gasteiger partial charge in [0.2, 0.25) is 11.8 Å². The Labute approximate surface area is 87.1 Å². The third kappa shape index (κ3) is 5.45. The number of carboxylic acids is 1. The molecule has 1 unspecified atom stereocenters. The van der Waals surface area contributed by atoms with Gasteiger partial charge in [-0.2, -0.15) is 0 Å². The van der Waals surface area contributed by atoms with Crippen LogP contribution in [0.1, 0.15) is 13.8 Å². The van der Waals surface area contributed by atoms with E-state index in [0.717, 1.165) is 6.08 Å². The first kappa shape index (κ1) is 13.2. The van der Waals surface area contributed by atoms with Gasteiger partial charge in [0, 0.05) is 12.2 Å². The van der Waals surface area contributed by atoms with E-state index in [2.05, 4.69) is 5.32 Å². The second-order valence-corrected chi connectivity index (χ2v) is 3.30. The van der Waals surface area contributed by atoms with E-state index in [0.29, 0.717) is 6.08 Å². The van der Waals surface area contributed by atoms with Crippen LogP contribution < -0.4 is 11.1 Å². The Kier molecular flexibility index (Phi) is 5.08. The van der Waals surface area contributed by atoms with Gasteiger partial charge in [0.25, 0.3) is 0 Å². The summed E-state index contributed by atoms with van der Waals surface area (Å²) in [7, 11) is 0. The van der Waals surface area contributed by atoms with Gasteiger partial charge in [-0.25, -0.2) is 4.79 Å². The highest BCUT2D eigenvalue weighted by molar-refractivity contribution is 5.96. The molecule has 0 heterocycles. The highest BCUT2D eigenvalue weighted by Crippen LogP contribution is 2.00. The second kappa shape index (κ2) is 5.79. The number of aliphatic carboxylic acids is 1. The molecule has 0 aliphatic heterocycles. The van der Waals surface area contributed by atoms with Crippen LogP contribution in [0.3, 0.4) is 0 Å². The van der Waals surface area contributed by atoms with Crippen molar-refractivity contribution in [3.8, 4) is 0 Å². The number of carboxylic acid groups (broad SMARTS) is 1. The Morgan fingerprint density at radius 2 is 1.80 bits per heavy atom. The number of hydrogen-bond donors (Lipinski definition) is 3. The van der Waals surface area contributed by atoms with Crippen LogP contribution >= 0.6 is 0 Å². The Bertz CT molecular complexity index is 296. The zero-order chi connectivity index (χ0) is 12.0. The molecule has 0 aliphatic carbocycles. The Hall–Kier alpha value is -1.85. The van der Waals surface area contributed by atoms with Gasteiger partial charge in [-0.3, -0.25) is 9.59 Å². The molecule has 0 aromatic carbocycles. The average Bonchev–Trinajstić information content (AvgIpc) is 2.09. The normalized spacial score (nSPS) is 12.7. The lowest BCUT2D eigenvalue weighted by Gasteiger charge is -2.17. The van der Waals surface area contributed by atoms with E-state index in [1.165, 1.54) is 0 Å². The molecule has 4 N–H and O–H groups in total. The third-order valence-corrected chi connectivity index (χ3v) is 1.65. The average molecular weight is 214 g/mol. The summed E-state index contributed by atoms with van der Waals surface area (Å²) in [6, 6.07) is -0.795. The summed E-state index contributed by atoms with van der Waals surface area (Å²) in [6.45, 7) is 3.44. The molecular weight excluding hydrogens is 200 g/mol. The summed E-state index contributed by atoms with van der Waals surface area (Å²) in [5.74, 6) is -2.69. The second-order valence-electron chi connectivity index (χ2n) is 3.30. The largest absolute Gasteiger partial charge is 0.478 e. The van der Waals surface area contributed by atoms with Crippen LogP contribution in [-0.4, -0.2) is 28.9 Å². The van der Waals surface area contributed by atoms with Crippen molar-refractivity contribution >= 4 is 17.8 Å². The maximum absolute atomic E-state index is 11.1. The SMILES string of the molecule is CC(C)C(NC(=O)/C=C/C(=O)O)C(N)=O. The summed E-state index contributed by atoms with van der Waals surface area (Å²) < 4.78 is 0. The third-order valence-electron chi connectivity index (χ3n) is 1.65. The van der Waals surface area contributed by atoms with E-state index in [4.69, 9.17) is 10.8 Å². The topological polar surface area (TPSA) is 109 Å². The fourth-order valence-electron chi connectivity index (χ4n) is 0.915. The fraction of sp³-hybridized carbons (Fsp3) is 0.444. The molecule has 2 amide bonds. The first-order chi connectivity index (χ1) is 6.84. The molecule has 0 saturated carbocycles. The van der Waals surface area contributed by atoms with Gasteiger partial charge in [0.05, 0.1) is 0 Å². The minimum absolute atomic E-state index is 0.148. The molecule has 0 saturated heterocycles. The maximum atomic E-state index is 11.1. The van der Waals surface area contributed by atoms with Gasteiger partial charge < -0.3 is 16.2 Å². The number of nitrogens with two attached hydrogens (primary N) is 1. The molecule has 6 heteroatoms. The van der Waals surface area contributed by atoms with E-state index < -0.39 is 23.8 Å². The van der Waals surface area contributed by atoms with Crippen LogP contribution in [0.2, 0.25) is 0 Å². The number of carbonyl (C=O) groups is 3. The quantitative estimate of drug-likeness (QED) is 0.523. The highest BCUT2D eigenvalue weighted by Gasteiger charge is 2.20. The molecule has 0 fully saturated rings. The van der Waals surface area contributed by atoms with Crippen molar-refractivity contribution in [1.82, 2.24) is 5.32 Å². The minimum atomic E-state index is -1.23. The van der Waals surface area contributed by atoms with Gasteiger partial charge >= 0.3 is 5.97 Å². The van der Waals surface area contributed by atoms with Crippen molar-refractivity contribution in [2.75, 3.05) is 0 Å². The van der Waals surface area contributed by atoms with Crippen LogP contribution in [0.4, 0.5) is 0 Å². The Morgan fingerprint density at radius 3 is 2.13 bits per heavy atom. The van der Waals surface area contributed by atoms with Crippen molar-refractivity contribution in [3.63, 3.8) is 0 Å². The number of amides is 2. The molecule has 84 valence electrons. The Balaban J connectivity index is 4.37. The standard InChI is InChI=1S/C9H14N2O4/c1-5(2)8(9(10)15)11-6(12)3-4-7(13)14/h3-5,8H,1-2H3,(H2,10,15)(H,11,12)(H,13,14)/b4-3+. The molecule has 0 spiro atoms. The molecule has 6 nitrogen and oxygen atoms in total. The van der Waals surface area contributed by atoms with E-state index >= 15 is 0 Å². The number of nitrogens with one attached hydrogen (secondary N) is 1. The maximum Gasteiger partial charge on any atom is 0.328 e. The minimum Gasteiger partial charge on any atom is -0.478 e. The van der Waals surface area contributed by atoms with Gasteiger partial charge in [-0.1, -0.05) is 13.8 Å². The zero-order valence-corrected chi connectivity index (χ0v) is 8.56. The molecule has 1 atom stereocenters. The first-order valence-corrected chi connectivity index (χ1v) is 4.35. The van der Waals surface area contributed by atoms with Gasteiger partial charge in [-0.05, 0) is 5.92 Å². The van der Waals surface area contributed by atoms with Crippen molar-refractivity contribution < 1.29 is 19.5 Å². The van der Waals surface area contributed by atoms with Crippen LogP contribution in [0.5, 0.6) is 0 Å². The predicted octanol–water partition coefficient (Wildman–Crippen LogP) is -0.747. The van der Waals surface area contributed by atoms with E-state index in [1.807, 2.05) is 0 Å². The number of hydrogen-bond acceptors (Lipinski definition) is 3. The molecule has 0 aliphatic rings. The monoisotopic (exact) mass is 214 g/mol. The number of primary amides is 1. The lowest BCUT2D eigenvalue weighted by molar-refractivity contribution is -0.131. The van der Waals surface area contributed by atoms with Crippen molar-refractivity contribution in [1.29, 1.82) is 0 Å². The fourth-order valence-corrected chi connectivity index (χ4v) is 0.915. The lowest BCUT2D eigenvalue weighted by atomic mass is 10.0.